The number of hydrogen-bond acceptors (Lipinski definition) is 8. The molecule has 10 nitrogen and oxygen atoms in total. The van der Waals surface area contributed by atoms with Crippen molar-refractivity contribution in [1.82, 2.24) is 0 Å². The molecule has 0 atom stereocenters. The van der Waals surface area contributed by atoms with Crippen molar-refractivity contribution in [3.05, 3.63) is 38.4 Å². The number of benzene rings is 1. The van der Waals surface area contributed by atoms with Crippen LogP contribution in [-0.2, 0) is 9.53 Å². The van der Waals surface area contributed by atoms with Gasteiger partial charge in [-0.1, -0.05) is 0 Å². The monoisotopic (exact) mass is 324 g/mol. The van der Waals surface area contributed by atoms with Crippen molar-refractivity contribution in [2.75, 3.05) is 12.0 Å². The van der Waals surface area contributed by atoms with Gasteiger partial charge in [0.05, 0.1) is 22.5 Å². The summed E-state index contributed by atoms with van der Waals surface area (Å²) in [4.78, 5) is 30.8. The van der Waals surface area contributed by atoms with Gasteiger partial charge in [0.25, 0.3) is 5.69 Å². The van der Waals surface area contributed by atoms with Crippen LogP contribution in [0.25, 0.3) is 0 Å². The average molecular weight is 324 g/mol. The minimum absolute atomic E-state index is 0.0555. The van der Waals surface area contributed by atoms with E-state index in [-0.39, 0.29) is 24.0 Å². The summed E-state index contributed by atoms with van der Waals surface area (Å²) in [5, 5.41) is 25.6. The Labute approximate surface area is 131 Å². The molecule has 0 fully saturated rings. The van der Waals surface area contributed by atoms with E-state index in [9.17, 15) is 25.0 Å². The second kappa shape index (κ2) is 8.41. The molecular weight excluding hydrogens is 308 g/mol. The van der Waals surface area contributed by atoms with E-state index in [0.29, 0.717) is 18.6 Å². The molecule has 0 heterocycles. The number of anilines is 1. The molecule has 0 saturated carbocycles. The number of nitrogens with one attached hydrogen (secondary N) is 1. The fourth-order valence-electron chi connectivity index (χ4n) is 1.63. The first kappa shape index (κ1) is 18.0. The molecule has 10 heteroatoms. The number of nitro groups is 2. The summed E-state index contributed by atoms with van der Waals surface area (Å²) in [5.41, 5.74) is 2.42. The number of esters is 1. The number of carbonyl (C=O) groups is 1. The summed E-state index contributed by atoms with van der Waals surface area (Å²) in [6.07, 6.45) is 1.10. The summed E-state index contributed by atoms with van der Waals surface area (Å²) in [7, 11) is 0. The van der Waals surface area contributed by atoms with Gasteiger partial charge in [-0.05, 0) is 25.8 Å². The zero-order valence-corrected chi connectivity index (χ0v) is 12.6. The van der Waals surface area contributed by atoms with Crippen LogP contribution in [0.4, 0.5) is 17.1 Å². The first-order valence-corrected chi connectivity index (χ1v) is 6.66. The lowest BCUT2D eigenvalue weighted by atomic mass is 10.2. The summed E-state index contributed by atoms with van der Waals surface area (Å²) in [6.45, 7) is 3.29. The maximum Gasteiger partial charge on any atom is 0.302 e. The van der Waals surface area contributed by atoms with E-state index in [2.05, 4.69) is 10.5 Å². The van der Waals surface area contributed by atoms with Crippen molar-refractivity contribution in [2.45, 2.75) is 26.7 Å². The molecule has 124 valence electrons. The van der Waals surface area contributed by atoms with Crippen molar-refractivity contribution in [2.24, 2.45) is 5.10 Å². The maximum atomic E-state index is 11.0. The van der Waals surface area contributed by atoms with E-state index in [1.807, 2.05) is 0 Å². The van der Waals surface area contributed by atoms with Crippen LogP contribution >= 0.6 is 0 Å². The molecule has 1 aromatic rings. The number of ether oxygens (including phenoxy) is 1. The highest BCUT2D eigenvalue weighted by Crippen LogP contribution is 2.28. The van der Waals surface area contributed by atoms with E-state index in [1.54, 1.807) is 6.92 Å². The van der Waals surface area contributed by atoms with Crippen molar-refractivity contribution in [3.8, 4) is 0 Å². The number of carbonyl (C=O) groups excluding carboxylic acids is 1. The van der Waals surface area contributed by atoms with Crippen LogP contribution in [0.2, 0.25) is 0 Å². The SMILES string of the molecule is CC(=O)OCCCC(C)=NNc1ccc([N+](=O)[O-])cc1[N+](=O)[O-]. The molecule has 1 rings (SSSR count). The molecule has 0 bridgehead atoms. The number of rotatable bonds is 8. The van der Waals surface area contributed by atoms with Gasteiger partial charge in [-0.2, -0.15) is 5.10 Å². The third-order valence-electron chi connectivity index (χ3n) is 2.74. The molecule has 0 radical (unpaired) electrons. The minimum atomic E-state index is -0.721. The molecule has 1 N–H and O–H groups in total. The van der Waals surface area contributed by atoms with Gasteiger partial charge in [0.15, 0.2) is 0 Å². The van der Waals surface area contributed by atoms with Gasteiger partial charge in [-0.3, -0.25) is 30.4 Å². The topological polar surface area (TPSA) is 137 Å². The van der Waals surface area contributed by atoms with Gasteiger partial charge in [0.1, 0.15) is 5.69 Å². The minimum Gasteiger partial charge on any atom is -0.466 e. The second-order valence-corrected chi connectivity index (χ2v) is 4.62. The molecule has 0 aromatic heterocycles. The molecule has 0 aliphatic rings. The molecule has 0 saturated heterocycles. The lowest BCUT2D eigenvalue weighted by Gasteiger charge is -2.05. The zero-order valence-electron chi connectivity index (χ0n) is 12.6. The van der Waals surface area contributed by atoms with E-state index < -0.39 is 15.5 Å². The molecule has 0 unspecified atom stereocenters. The Hall–Kier alpha value is -3.04. The molecule has 1 aromatic carbocycles. The summed E-state index contributed by atoms with van der Waals surface area (Å²) in [5.74, 6) is -0.362. The number of non-ortho nitro benzene ring substituents is 1. The van der Waals surface area contributed by atoms with Crippen molar-refractivity contribution < 1.29 is 19.4 Å². The van der Waals surface area contributed by atoms with Gasteiger partial charge in [0.2, 0.25) is 0 Å². The summed E-state index contributed by atoms with van der Waals surface area (Å²) < 4.78 is 4.77. The van der Waals surface area contributed by atoms with Crippen LogP contribution in [0.5, 0.6) is 0 Å². The van der Waals surface area contributed by atoms with Crippen LogP contribution in [-0.4, -0.2) is 28.1 Å². The Morgan fingerprint density at radius 1 is 1.26 bits per heavy atom. The van der Waals surface area contributed by atoms with Crippen LogP contribution in [0.3, 0.4) is 0 Å². The predicted molar refractivity (Wildman–Crippen MR) is 82.3 cm³/mol. The molecular formula is C13H16N4O6. The number of hydrazone groups is 1. The molecule has 0 amide bonds. The lowest BCUT2D eigenvalue weighted by Crippen LogP contribution is -2.04. The Balaban J connectivity index is 2.72. The Morgan fingerprint density at radius 3 is 2.52 bits per heavy atom. The predicted octanol–water partition coefficient (Wildman–Crippen LogP) is 2.63. The third-order valence-corrected chi connectivity index (χ3v) is 2.74. The van der Waals surface area contributed by atoms with Crippen molar-refractivity contribution >= 4 is 28.7 Å². The molecule has 0 aliphatic carbocycles. The number of hydrogen-bond donors (Lipinski definition) is 1. The van der Waals surface area contributed by atoms with E-state index in [1.165, 1.54) is 13.0 Å². The Morgan fingerprint density at radius 2 is 1.96 bits per heavy atom. The highest BCUT2D eigenvalue weighted by Gasteiger charge is 2.19. The average Bonchev–Trinajstić information content (AvgIpc) is 2.48. The normalized spacial score (nSPS) is 11.0. The zero-order chi connectivity index (χ0) is 17.4. The standard InChI is InChI=1S/C13H16N4O6/c1-9(4-3-7-23-10(2)18)14-15-12-6-5-11(16(19)20)8-13(12)17(21)22/h5-6,8,15H,3-4,7H2,1-2H3. The highest BCUT2D eigenvalue weighted by atomic mass is 16.6. The van der Waals surface area contributed by atoms with Crippen LogP contribution in [0.1, 0.15) is 26.7 Å². The fraction of sp³-hybridized carbons (Fsp3) is 0.385. The molecule has 23 heavy (non-hydrogen) atoms. The number of nitrogens with zero attached hydrogens (tertiary/aromatic N) is 3. The second-order valence-electron chi connectivity index (χ2n) is 4.62. The van der Waals surface area contributed by atoms with Gasteiger partial charge >= 0.3 is 11.7 Å². The van der Waals surface area contributed by atoms with Crippen LogP contribution < -0.4 is 5.43 Å². The third kappa shape index (κ3) is 6.08. The van der Waals surface area contributed by atoms with E-state index in [4.69, 9.17) is 4.74 Å². The van der Waals surface area contributed by atoms with Gasteiger partial charge < -0.3 is 4.74 Å². The van der Waals surface area contributed by atoms with E-state index in [0.717, 1.165) is 12.1 Å². The lowest BCUT2D eigenvalue weighted by molar-refractivity contribution is -0.393. The first-order valence-electron chi connectivity index (χ1n) is 6.66. The smallest absolute Gasteiger partial charge is 0.302 e. The van der Waals surface area contributed by atoms with E-state index >= 15 is 0 Å². The first-order chi connectivity index (χ1) is 10.8. The van der Waals surface area contributed by atoms with Crippen LogP contribution in [0.15, 0.2) is 23.3 Å². The summed E-state index contributed by atoms with van der Waals surface area (Å²) >= 11 is 0. The van der Waals surface area contributed by atoms with Gasteiger partial charge in [0, 0.05) is 18.7 Å². The highest BCUT2D eigenvalue weighted by molar-refractivity contribution is 5.83. The Kier molecular flexibility index (Phi) is 6.59. The van der Waals surface area contributed by atoms with Gasteiger partial charge in [-0.15, -0.1) is 0 Å². The molecule has 0 spiro atoms. The fourth-order valence-corrected chi connectivity index (χ4v) is 1.63. The maximum absolute atomic E-state index is 11.0. The van der Waals surface area contributed by atoms with Crippen molar-refractivity contribution in [1.29, 1.82) is 0 Å². The largest absolute Gasteiger partial charge is 0.466 e. The van der Waals surface area contributed by atoms with Gasteiger partial charge in [-0.25, -0.2) is 0 Å². The van der Waals surface area contributed by atoms with Crippen molar-refractivity contribution in [3.63, 3.8) is 0 Å². The Bertz CT molecular complexity index is 643. The number of nitro benzene ring substituents is 2. The molecule has 0 aliphatic heterocycles. The summed E-state index contributed by atoms with van der Waals surface area (Å²) in [6, 6.07) is 3.25. The quantitative estimate of drug-likeness (QED) is 0.255. The van der Waals surface area contributed by atoms with Crippen LogP contribution in [0, 0.1) is 20.2 Å².